The van der Waals surface area contributed by atoms with E-state index in [-0.39, 0.29) is 12.3 Å². The maximum Gasteiger partial charge on any atom is 0.283 e. The number of benzene rings is 2. The summed E-state index contributed by atoms with van der Waals surface area (Å²) in [5, 5.41) is -1.09. The fraction of sp³-hybridized carbons (Fsp3) is 0.391. The van der Waals surface area contributed by atoms with Crippen molar-refractivity contribution in [1.29, 1.82) is 0 Å². The van der Waals surface area contributed by atoms with Crippen LogP contribution in [0.25, 0.3) is 0 Å². The Morgan fingerprint density at radius 3 is 2.35 bits per heavy atom. The van der Waals surface area contributed by atoms with Crippen molar-refractivity contribution in [1.82, 2.24) is 4.31 Å². The van der Waals surface area contributed by atoms with E-state index in [1.165, 1.54) is 0 Å². The molecule has 0 aliphatic carbocycles. The molecule has 2 saturated heterocycles. The van der Waals surface area contributed by atoms with Gasteiger partial charge in [0.15, 0.2) is 5.25 Å². The summed E-state index contributed by atoms with van der Waals surface area (Å²) in [5.41, 5.74) is 2.23. The molecule has 0 N–H and O–H groups in total. The lowest BCUT2D eigenvalue weighted by Gasteiger charge is -2.28. The highest BCUT2D eigenvalue weighted by Crippen LogP contribution is 2.36. The minimum atomic E-state index is -3.87. The molecule has 2 heterocycles. The third-order valence-electron chi connectivity index (χ3n) is 5.59. The van der Waals surface area contributed by atoms with Gasteiger partial charge in [-0.1, -0.05) is 43.7 Å². The number of morpholine rings is 1. The lowest BCUT2D eigenvalue weighted by Crippen LogP contribution is -2.36. The molecule has 1 amide bonds. The lowest BCUT2D eigenvalue weighted by atomic mass is 10.1. The molecule has 164 valence electrons. The zero-order valence-corrected chi connectivity index (χ0v) is 18.4. The predicted octanol–water partition coefficient (Wildman–Crippen LogP) is 3.31. The molecule has 2 aromatic rings. The number of unbranched alkanes of at least 4 members (excludes halogenated alkanes) is 1. The molecular formula is C23H27N3O4S. The molecule has 8 heteroatoms. The van der Waals surface area contributed by atoms with E-state index >= 15 is 0 Å². The van der Waals surface area contributed by atoms with Gasteiger partial charge in [0.1, 0.15) is 5.71 Å². The second-order valence-corrected chi connectivity index (χ2v) is 9.62. The third kappa shape index (κ3) is 4.36. The summed E-state index contributed by atoms with van der Waals surface area (Å²) < 4.78 is 32.9. The molecule has 1 atom stereocenters. The topological polar surface area (TPSA) is 79.3 Å². The summed E-state index contributed by atoms with van der Waals surface area (Å²) >= 11 is 0. The number of ether oxygens (including phenoxy) is 1. The number of hydrogen-bond donors (Lipinski definition) is 0. The predicted molar refractivity (Wildman–Crippen MR) is 121 cm³/mol. The first-order valence-electron chi connectivity index (χ1n) is 10.6. The molecule has 0 radical (unpaired) electrons. The molecule has 0 spiro atoms. The molecule has 0 aromatic heterocycles. The molecule has 2 aromatic carbocycles. The molecule has 2 fully saturated rings. The minimum Gasteiger partial charge on any atom is -0.378 e. The van der Waals surface area contributed by atoms with Crippen LogP contribution in [-0.2, 0) is 19.6 Å². The van der Waals surface area contributed by atoms with Gasteiger partial charge in [-0.3, -0.25) is 4.79 Å². The number of aliphatic imine (C=N–C) groups is 1. The number of anilines is 1. The molecule has 2 aliphatic heterocycles. The maximum atomic E-state index is 13.3. The van der Waals surface area contributed by atoms with Gasteiger partial charge in [-0.25, -0.2) is 17.7 Å². The Balaban J connectivity index is 1.69. The van der Waals surface area contributed by atoms with Crippen molar-refractivity contribution >= 4 is 33.0 Å². The zero-order valence-electron chi connectivity index (χ0n) is 17.6. The van der Waals surface area contributed by atoms with Gasteiger partial charge in [-0.15, -0.1) is 0 Å². The monoisotopic (exact) mass is 441 g/mol. The Hall–Kier alpha value is -2.71. The number of carbonyl (C=O) groups excluding carboxylic acids is 1. The summed E-state index contributed by atoms with van der Waals surface area (Å²) in [6.45, 7) is 5.19. The van der Waals surface area contributed by atoms with Gasteiger partial charge in [0.25, 0.3) is 15.9 Å². The number of sulfonamides is 1. The van der Waals surface area contributed by atoms with Crippen molar-refractivity contribution in [3.05, 3.63) is 60.2 Å². The smallest absolute Gasteiger partial charge is 0.283 e. The van der Waals surface area contributed by atoms with Gasteiger partial charge in [0, 0.05) is 25.3 Å². The van der Waals surface area contributed by atoms with Gasteiger partial charge in [0.2, 0.25) is 0 Å². The Bertz CT molecular complexity index is 1050. The highest BCUT2D eigenvalue weighted by Gasteiger charge is 2.50. The van der Waals surface area contributed by atoms with Crippen molar-refractivity contribution in [2.75, 3.05) is 37.7 Å². The van der Waals surface area contributed by atoms with Crippen LogP contribution in [0.3, 0.4) is 0 Å². The van der Waals surface area contributed by atoms with E-state index in [1.54, 1.807) is 24.3 Å². The van der Waals surface area contributed by atoms with Crippen molar-refractivity contribution in [2.45, 2.75) is 25.0 Å². The fourth-order valence-corrected chi connectivity index (χ4v) is 5.82. The Morgan fingerprint density at radius 1 is 1.03 bits per heavy atom. The quantitative estimate of drug-likeness (QED) is 0.687. The molecule has 4 rings (SSSR count). The molecule has 31 heavy (non-hydrogen) atoms. The van der Waals surface area contributed by atoms with Crippen molar-refractivity contribution in [3.63, 3.8) is 0 Å². The number of nitrogens with zero attached hydrogens (tertiary/aromatic N) is 3. The van der Waals surface area contributed by atoms with Crippen molar-refractivity contribution in [2.24, 2.45) is 4.99 Å². The van der Waals surface area contributed by atoms with Crippen LogP contribution < -0.4 is 4.90 Å². The van der Waals surface area contributed by atoms with Gasteiger partial charge < -0.3 is 9.64 Å². The van der Waals surface area contributed by atoms with Crippen LogP contribution in [0.1, 0.15) is 30.6 Å². The zero-order chi connectivity index (χ0) is 21.8. The Morgan fingerprint density at radius 2 is 1.71 bits per heavy atom. The molecule has 0 saturated carbocycles. The van der Waals surface area contributed by atoms with Crippen LogP contribution in [-0.4, -0.2) is 57.2 Å². The lowest BCUT2D eigenvalue weighted by molar-refractivity contribution is -0.119. The summed E-state index contributed by atoms with van der Waals surface area (Å²) in [6.07, 6.45) is 1.42. The van der Waals surface area contributed by atoms with Crippen molar-refractivity contribution < 1.29 is 17.9 Å². The highest BCUT2D eigenvalue weighted by atomic mass is 32.2. The van der Waals surface area contributed by atoms with Gasteiger partial charge in [-0.05, 0) is 36.2 Å². The average molecular weight is 442 g/mol. The third-order valence-corrected chi connectivity index (χ3v) is 7.65. The molecule has 7 nitrogen and oxygen atoms in total. The molecule has 0 bridgehead atoms. The standard InChI is InChI=1S/C23H27N3O4S/c1-2-3-13-26-23(27)21(22(31(26,28)29)18-7-5-4-6-8-18)24-19-9-11-20(12-10-19)25-14-16-30-17-15-25/h4-12,22H,2-3,13-17H2,1H3. The number of hydrogen-bond acceptors (Lipinski definition) is 6. The van der Waals surface area contributed by atoms with Crippen molar-refractivity contribution in [3.8, 4) is 0 Å². The maximum absolute atomic E-state index is 13.3. The van der Waals surface area contributed by atoms with Crippen LogP contribution in [0, 0.1) is 0 Å². The van der Waals surface area contributed by atoms with Crippen LogP contribution in [0.15, 0.2) is 59.6 Å². The summed E-state index contributed by atoms with van der Waals surface area (Å²) in [5.74, 6) is -0.528. The van der Waals surface area contributed by atoms with Crippen LogP contribution in [0.4, 0.5) is 11.4 Å². The van der Waals surface area contributed by atoms with E-state index in [1.807, 2.05) is 37.3 Å². The van der Waals surface area contributed by atoms with E-state index in [0.29, 0.717) is 30.9 Å². The first kappa shape index (κ1) is 21.5. The van der Waals surface area contributed by atoms with Crippen LogP contribution >= 0.6 is 0 Å². The number of amides is 1. The SMILES string of the molecule is CCCCN1C(=O)C(=Nc2ccc(N3CCOCC3)cc2)C(c2ccccc2)S1(=O)=O. The van der Waals surface area contributed by atoms with Gasteiger partial charge >= 0.3 is 0 Å². The average Bonchev–Trinajstić information content (AvgIpc) is 2.98. The van der Waals surface area contributed by atoms with E-state index in [0.717, 1.165) is 29.5 Å². The van der Waals surface area contributed by atoms with Gasteiger partial charge in [-0.2, -0.15) is 0 Å². The second kappa shape index (κ2) is 9.20. The number of rotatable bonds is 6. The summed E-state index contributed by atoms with van der Waals surface area (Å²) in [7, 11) is -3.87. The second-order valence-electron chi connectivity index (χ2n) is 7.68. The van der Waals surface area contributed by atoms with Gasteiger partial charge in [0.05, 0.1) is 18.9 Å². The highest BCUT2D eigenvalue weighted by molar-refractivity contribution is 7.91. The van der Waals surface area contributed by atoms with E-state index < -0.39 is 21.2 Å². The molecule has 1 unspecified atom stereocenters. The molecule has 2 aliphatic rings. The first-order chi connectivity index (χ1) is 15.0. The van der Waals surface area contributed by atoms with E-state index in [2.05, 4.69) is 9.89 Å². The fourth-order valence-electron chi connectivity index (χ4n) is 3.92. The van der Waals surface area contributed by atoms with E-state index in [9.17, 15) is 13.2 Å². The molecular weight excluding hydrogens is 414 g/mol. The summed E-state index contributed by atoms with van der Waals surface area (Å²) in [6, 6.07) is 16.4. The first-order valence-corrected chi connectivity index (χ1v) is 12.1. The Labute approximate surface area is 183 Å². The summed E-state index contributed by atoms with van der Waals surface area (Å²) in [4.78, 5) is 19.9. The minimum absolute atomic E-state index is 0.0569. The van der Waals surface area contributed by atoms with E-state index in [4.69, 9.17) is 4.74 Å². The van der Waals surface area contributed by atoms with Crippen LogP contribution in [0.5, 0.6) is 0 Å². The Kier molecular flexibility index (Phi) is 6.38. The van der Waals surface area contributed by atoms with Crippen LogP contribution in [0.2, 0.25) is 0 Å². The normalized spacial score (nSPS) is 22.3. The largest absolute Gasteiger partial charge is 0.378 e. The number of carbonyl (C=O) groups is 1.